The van der Waals surface area contributed by atoms with Gasteiger partial charge in [-0.2, -0.15) is 0 Å². The number of sulfonamides is 1. The third-order valence-electron chi connectivity index (χ3n) is 9.99. The largest absolute Gasteiger partial charge is 0.444 e. The Labute approximate surface area is 298 Å². The zero-order chi connectivity index (χ0) is 37.8. The maximum absolute atomic E-state index is 14.5. The molecule has 1 aromatic carbocycles. The highest BCUT2D eigenvalue weighted by atomic mass is 32.2. The third kappa shape index (κ3) is 8.17. The Morgan fingerprint density at radius 2 is 1.78 bits per heavy atom. The van der Waals surface area contributed by atoms with Gasteiger partial charge in [0.2, 0.25) is 15.9 Å². The molecule has 2 saturated carbocycles. The number of halogens is 1. The number of hydrogen-bond donors (Lipinski definition) is 4. The van der Waals surface area contributed by atoms with Crippen molar-refractivity contribution in [1.82, 2.24) is 25.2 Å². The van der Waals surface area contributed by atoms with Gasteiger partial charge in [-0.1, -0.05) is 45.9 Å². The van der Waals surface area contributed by atoms with E-state index in [2.05, 4.69) is 21.9 Å². The van der Waals surface area contributed by atoms with E-state index >= 15 is 0 Å². The first-order chi connectivity index (χ1) is 23.6. The summed E-state index contributed by atoms with van der Waals surface area (Å²) in [5.74, 6) is -3.14. The summed E-state index contributed by atoms with van der Waals surface area (Å²) in [6.45, 7) is 15.7. The highest BCUT2D eigenvalue weighted by Crippen LogP contribution is 2.46. The fourth-order valence-electron chi connectivity index (χ4n) is 6.88. The van der Waals surface area contributed by atoms with Crippen LogP contribution in [-0.4, -0.2) is 94.7 Å². The van der Waals surface area contributed by atoms with Gasteiger partial charge in [0.05, 0.1) is 24.4 Å². The molecule has 0 radical (unpaired) electrons. The van der Waals surface area contributed by atoms with E-state index in [4.69, 9.17) is 9.47 Å². The Hall–Kier alpha value is -3.76. The van der Waals surface area contributed by atoms with Crippen molar-refractivity contribution in [3.8, 4) is 0 Å². The molecular formula is C35H50FN5O9S. The van der Waals surface area contributed by atoms with E-state index < -0.39 is 97.9 Å². The van der Waals surface area contributed by atoms with Gasteiger partial charge in [0.1, 0.15) is 35.3 Å². The number of nitrogens with one attached hydrogen (secondary N) is 3. The van der Waals surface area contributed by atoms with Crippen LogP contribution in [0, 0.1) is 23.1 Å². The summed E-state index contributed by atoms with van der Waals surface area (Å²) >= 11 is 0. The SMILES string of the molecule is C=CC1CC1(NC(O)C1C(C)C(OC(=O)N2Cc3cccc(F)c3C2)CN1C(=O)C(NC(=O)OC(C)(C)C)C(C)(C)C)C(=O)NS(=O)(=O)C1CC1. The summed E-state index contributed by atoms with van der Waals surface area (Å²) in [5.41, 5.74) is -2.21. The standard InChI is InChI=1S/C35H50FN5O9S/c1-9-21-15-35(21,30(44)39-51(47,48)22-13-14-22)38-28(42)26-19(2)25(49-32(46)40-16-20-11-10-12-24(36)23(20)17-40)18-41(26)29(43)27(33(3,4)5)37-31(45)50-34(6,7)8/h9-12,19,21-22,25-28,38,42H,1,13-18H2,2-8H3,(H,37,45)(H,39,44). The molecule has 16 heteroatoms. The van der Waals surface area contributed by atoms with Crippen molar-refractivity contribution in [3.63, 3.8) is 0 Å². The van der Waals surface area contributed by atoms with Crippen molar-refractivity contribution in [2.24, 2.45) is 17.3 Å². The first kappa shape index (κ1) is 38.5. The second kappa shape index (κ2) is 13.7. The summed E-state index contributed by atoms with van der Waals surface area (Å²) in [7, 11) is -3.91. The quantitative estimate of drug-likeness (QED) is 0.206. The van der Waals surface area contributed by atoms with E-state index in [1.165, 1.54) is 21.9 Å². The summed E-state index contributed by atoms with van der Waals surface area (Å²) in [6.07, 6.45) is -1.65. The molecule has 1 aromatic rings. The van der Waals surface area contributed by atoms with E-state index in [1.54, 1.807) is 60.6 Å². The van der Waals surface area contributed by atoms with Crippen molar-refractivity contribution in [2.75, 3.05) is 6.54 Å². The van der Waals surface area contributed by atoms with Crippen LogP contribution in [0.1, 0.15) is 78.9 Å². The van der Waals surface area contributed by atoms with Gasteiger partial charge in [-0.25, -0.2) is 22.4 Å². The monoisotopic (exact) mass is 735 g/mol. The Balaban J connectivity index is 1.41. The topological polar surface area (TPSA) is 184 Å². The molecule has 0 spiro atoms. The number of nitrogens with zero attached hydrogens (tertiary/aromatic N) is 2. The lowest BCUT2D eigenvalue weighted by molar-refractivity contribution is -0.141. The number of alkyl carbamates (subject to hydrolysis) is 1. The lowest BCUT2D eigenvalue weighted by atomic mass is 9.85. The molecule has 1 saturated heterocycles. The molecule has 0 aromatic heterocycles. The van der Waals surface area contributed by atoms with Crippen LogP contribution >= 0.6 is 0 Å². The molecule has 2 aliphatic heterocycles. The number of hydrogen-bond acceptors (Lipinski definition) is 10. The maximum Gasteiger partial charge on any atom is 0.410 e. The number of amides is 4. The van der Waals surface area contributed by atoms with Gasteiger partial charge in [0.25, 0.3) is 5.91 Å². The molecule has 7 atom stereocenters. The lowest BCUT2D eigenvalue weighted by Crippen LogP contribution is -2.62. The minimum Gasteiger partial charge on any atom is -0.444 e. The fraction of sp³-hybridized carbons (Fsp3) is 0.657. The minimum atomic E-state index is -3.91. The van der Waals surface area contributed by atoms with Crippen molar-refractivity contribution < 1.29 is 46.6 Å². The summed E-state index contributed by atoms with van der Waals surface area (Å²) in [5, 5.41) is 16.8. The van der Waals surface area contributed by atoms with E-state index in [0.29, 0.717) is 24.0 Å². The maximum atomic E-state index is 14.5. The van der Waals surface area contributed by atoms with Crippen LogP contribution in [0.25, 0.3) is 0 Å². The van der Waals surface area contributed by atoms with E-state index in [9.17, 15) is 37.1 Å². The Morgan fingerprint density at radius 3 is 2.33 bits per heavy atom. The van der Waals surface area contributed by atoms with Crippen molar-refractivity contribution in [3.05, 3.63) is 47.8 Å². The van der Waals surface area contributed by atoms with Gasteiger partial charge in [-0.05, 0) is 57.1 Å². The number of carbonyl (C=O) groups excluding carboxylic acids is 4. The van der Waals surface area contributed by atoms with Gasteiger partial charge < -0.3 is 24.8 Å². The number of likely N-dealkylation sites (tertiary alicyclic amines) is 1. The van der Waals surface area contributed by atoms with Crippen LogP contribution in [0.5, 0.6) is 0 Å². The molecule has 3 fully saturated rings. The summed E-state index contributed by atoms with van der Waals surface area (Å²) < 4.78 is 53.3. The molecule has 2 aliphatic carbocycles. The second-order valence-corrected chi connectivity index (χ2v) is 18.2. The predicted molar refractivity (Wildman–Crippen MR) is 183 cm³/mol. The summed E-state index contributed by atoms with van der Waals surface area (Å²) in [4.78, 5) is 57.0. The molecule has 4 amide bonds. The normalized spacial score (nSPS) is 27.2. The number of aliphatic hydroxyl groups excluding tert-OH is 1. The number of benzene rings is 1. The van der Waals surface area contributed by atoms with Gasteiger partial charge in [-0.15, -0.1) is 6.58 Å². The van der Waals surface area contributed by atoms with Gasteiger partial charge >= 0.3 is 12.2 Å². The zero-order valence-electron chi connectivity index (χ0n) is 30.2. The lowest BCUT2D eigenvalue weighted by Gasteiger charge is -2.38. The van der Waals surface area contributed by atoms with Crippen LogP contribution in [0.3, 0.4) is 0 Å². The molecule has 282 valence electrons. The predicted octanol–water partition coefficient (Wildman–Crippen LogP) is 2.89. The average molecular weight is 736 g/mol. The zero-order valence-corrected chi connectivity index (χ0v) is 31.0. The van der Waals surface area contributed by atoms with Crippen molar-refractivity contribution in [1.29, 1.82) is 0 Å². The molecule has 4 N–H and O–H groups in total. The first-order valence-electron chi connectivity index (χ1n) is 17.2. The number of aliphatic hydroxyl groups is 1. The van der Waals surface area contributed by atoms with Crippen LogP contribution < -0.4 is 15.4 Å². The molecule has 5 rings (SSSR count). The fourth-order valence-corrected chi connectivity index (χ4v) is 8.24. The van der Waals surface area contributed by atoms with Crippen LogP contribution in [0.2, 0.25) is 0 Å². The minimum absolute atomic E-state index is 0.00552. The number of fused-ring (bicyclic) bond motifs is 1. The van der Waals surface area contributed by atoms with Gasteiger partial charge in [0, 0.05) is 23.9 Å². The highest BCUT2D eigenvalue weighted by molar-refractivity contribution is 7.91. The third-order valence-corrected chi connectivity index (χ3v) is 11.8. The first-order valence-corrected chi connectivity index (χ1v) is 18.8. The van der Waals surface area contributed by atoms with Crippen LogP contribution in [-0.2, 0) is 42.2 Å². The Kier molecular flexibility index (Phi) is 10.3. The molecule has 2 heterocycles. The van der Waals surface area contributed by atoms with E-state index in [1.807, 2.05) is 0 Å². The average Bonchev–Trinajstić information content (AvgIpc) is 3.91. The molecule has 14 nitrogen and oxygen atoms in total. The molecular weight excluding hydrogens is 685 g/mol. The van der Waals surface area contributed by atoms with Crippen LogP contribution in [0.15, 0.2) is 30.9 Å². The van der Waals surface area contributed by atoms with E-state index in [-0.39, 0.29) is 26.1 Å². The Morgan fingerprint density at radius 1 is 1.12 bits per heavy atom. The smallest absolute Gasteiger partial charge is 0.410 e. The van der Waals surface area contributed by atoms with Crippen LogP contribution in [0.4, 0.5) is 14.0 Å². The molecule has 51 heavy (non-hydrogen) atoms. The second-order valence-electron chi connectivity index (χ2n) is 16.2. The highest BCUT2D eigenvalue weighted by Gasteiger charge is 2.62. The molecule has 0 bridgehead atoms. The Bertz CT molecular complexity index is 1690. The number of carbonyl (C=O) groups is 4. The van der Waals surface area contributed by atoms with Gasteiger partial charge in [0.15, 0.2) is 0 Å². The molecule has 4 aliphatic rings. The number of rotatable bonds is 10. The summed E-state index contributed by atoms with van der Waals surface area (Å²) in [6, 6.07) is 2.32. The number of ether oxygens (including phenoxy) is 2. The molecule has 7 unspecified atom stereocenters. The van der Waals surface area contributed by atoms with Gasteiger partial charge in [-0.3, -0.25) is 24.5 Å². The van der Waals surface area contributed by atoms with E-state index in [0.717, 1.165) is 0 Å². The van der Waals surface area contributed by atoms with Crippen molar-refractivity contribution in [2.45, 2.75) is 122 Å². The van der Waals surface area contributed by atoms with Crippen molar-refractivity contribution >= 4 is 34.0 Å².